The van der Waals surface area contributed by atoms with E-state index < -0.39 is 6.04 Å². The number of carbonyl (C=O) groups is 2. The number of aryl methyl sites for hydroxylation is 1. The van der Waals surface area contributed by atoms with Crippen molar-refractivity contribution in [2.24, 2.45) is 0 Å². The first-order chi connectivity index (χ1) is 15.6. The van der Waals surface area contributed by atoms with E-state index in [1.54, 1.807) is 11.0 Å². The van der Waals surface area contributed by atoms with Gasteiger partial charge < -0.3 is 15.2 Å². The molecule has 6 nitrogen and oxygen atoms in total. The molecule has 160 valence electrons. The highest BCUT2D eigenvalue weighted by Gasteiger charge is 2.33. The fourth-order valence-electron chi connectivity index (χ4n) is 4.28. The maximum absolute atomic E-state index is 13.3. The first-order valence-electron chi connectivity index (χ1n) is 10.8. The number of imidazole rings is 1. The summed E-state index contributed by atoms with van der Waals surface area (Å²) in [6.07, 6.45) is 0.470. The SMILES string of the molecule is Cc1nc2ccc(C(=O)N3CCNC(=O)C3Cc3ccc(-c4ccccc4)cc3)cc2[nH]1. The van der Waals surface area contributed by atoms with Crippen molar-refractivity contribution in [2.45, 2.75) is 19.4 Å². The molecule has 0 spiro atoms. The molecule has 2 N–H and O–H groups in total. The summed E-state index contributed by atoms with van der Waals surface area (Å²) in [6.45, 7) is 2.83. The lowest BCUT2D eigenvalue weighted by Gasteiger charge is -2.35. The number of H-pyrrole nitrogens is 1. The summed E-state index contributed by atoms with van der Waals surface area (Å²) < 4.78 is 0. The molecule has 1 saturated heterocycles. The van der Waals surface area contributed by atoms with Crippen LogP contribution in [0.3, 0.4) is 0 Å². The minimum absolute atomic E-state index is 0.116. The highest BCUT2D eigenvalue weighted by atomic mass is 16.2. The lowest BCUT2D eigenvalue weighted by Crippen LogP contribution is -2.58. The Hall–Kier alpha value is -3.93. The number of rotatable bonds is 4. The van der Waals surface area contributed by atoms with E-state index in [4.69, 9.17) is 0 Å². The van der Waals surface area contributed by atoms with Gasteiger partial charge in [0.05, 0.1) is 11.0 Å². The Morgan fingerprint density at radius 2 is 1.78 bits per heavy atom. The summed E-state index contributed by atoms with van der Waals surface area (Å²) in [5.74, 6) is 0.550. The van der Waals surface area contributed by atoms with E-state index in [0.717, 1.165) is 33.5 Å². The van der Waals surface area contributed by atoms with Crippen molar-refractivity contribution >= 4 is 22.8 Å². The van der Waals surface area contributed by atoms with E-state index >= 15 is 0 Å². The lowest BCUT2D eigenvalue weighted by molar-refractivity contribution is -0.127. The number of hydrogen-bond donors (Lipinski definition) is 2. The standard InChI is InChI=1S/C26H24N4O2/c1-17-28-22-12-11-21(16-23(22)29-17)26(32)30-14-13-27-25(31)24(30)15-18-7-9-20(10-8-18)19-5-3-2-4-6-19/h2-12,16,24H,13-15H2,1H3,(H,27,31)(H,28,29). The fraction of sp³-hybridized carbons (Fsp3) is 0.192. The van der Waals surface area contributed by atoms with Crippen molar-refractivity contribution in [1.29, 1.82) is 0 Å². The van der Waals surface area contributed by atoms with E-state index in [1.165, 1.54) is 0 Å². The van der Waals surface area contributed by atoms with Gasteiger partial charge in [0.25, 0.3) is 5.91 Å². The van der Waals surface area contributed by atoms with E-state index in [-0.39, 0.29) is 11.8 Å². The second-order valence-corrected chi connectivity index (χ2v) is 8.13. The van der Waals surface area contributed by atoms with Crippen LogP contribution in [-0.4, -0.2) is 45.8 Å². The number of benzene rings is 3. The van der Waals surface area contributed by atoms with E-state index in [0.29, 0.717) is 25.1 Å². The average molecular weight is 425 g/mol. The van der Waals surface area contributed by atoms with Crippen LogP contribution in [0.1, 0.15) is 21.7 Å². The largest absolute Gasteiger partial charge is 0.353 e. The number of nitrogens with one attached hydrogen (secondary N) is 2. The Labute approximate surface area is 186 Å². The van der Waals surface area contributed by atoms with Gasteiger partial charge in [0, 0.05) is 25.1 Å². The van der Waals surface area contributed by atoms with Crippen LogP contribution in [0, 0.1) is 6.92 Å². The first kappa shape index (κ1) is 20.0. The molecule has 6 heteroatoms. The lowest BCUT2D eigenvalue weighted by atomic mass is 9.98. The van der Waals surface area contributed by atoms with Crippen molar-refractivity contribution in [1.82, 2.24) is 20.2 Å². The van der Waals surface area contributed by atoms with Crippen LogP contribution in [0.4, 0.5) is 0 Å². The van der Waals surface area contributed by atoms with Gasteiger partial charge in [-0.15, -0.1) is 0 Å². The van der Waals surface area contributed by atoms with Gasteiger partial charge in [-0.25, -0.2) is 4.98 Å². The molecule has 1 unspecified atom stereocenters. The highest BCUT2D eigenvalue weighted by molar-refractivity contribution is 6.00. The second-order valence-electron chi connectivity index (χ2n) is 8.13. The summed E-state index contributed by atoms with van der Waals surface area (Å²) in [6, 6.07) is 23.3. The summed E-state index contributed by atoms with van der Waals surface area (Å²) in [4.78, 5) is 35.3. The fourth-order valence-corrected chi connectivity index (χ4v) is 4.28. The first-order valence-corrected chi connectivity index (χ1v) is 10.8. The predicted molar refractivity (Wildman–Crippen MR) is 124 cm³/mol. The van der Waals surface area contributed by atoms with Crippen LogP contribution in [0.15, 0.2) is 72.8 Å². The summed E-state index contributed by atoms with van der Waals surface area (Å²) in [5, 5.41) is 2.91. The Bertz CT molecular complexity index is 1280. The molecule has 0 radical (unpaired) electrons. The number of carbonyl (C=O) groups excluding carboxylic acids is 2. The third-order valence-electron chi connectivity index (χ3n) is 5.93. The molecule has 0 bridgehead atoms. The quantitative estimate of drug-likeness (QED) is 0.524. The molecule has 1 fully saturated rings. The third kappa shape index (κ3) is 3.87. The number of nitrogens with zero attached hydrogens (tertiary/aromatic N) is 2. The Morgan fingerprint density at radius 3 is 2.56 bits per heavy atom. The van der Waals surface area contributed by atoms with Crippen molar-refractivity contribution in [3.8, 4) is 11.1 Å². The number of piperazine rings is 1. The number of hydrogen-bond acceptors (Lipinski definition) is 3. The highest BCUT2D eigenvalue weighted by Crippen LogP contribution is 2.22. The molecule has 2 heterocycles. The van der Waals surface area contributed by atoms with Crippen molar-refractivity contribution in [3.05, 3.63) is 89.7 Å². The van der Waals surface area contributed by atoms with Crippen LogP contribution in [0.5, 0.6) is 0 Å². The van der Waals surface area contributed by atoms with Gasteiger partial charge in [0.2, 0.25) is 5.91 Å². The van der Waals surface area contributed by atoms with Crippen LogP contribution >= 0.6 is 0 Å². The molecular weight excluding hydrogens is 400 g/mol. The molecule has 5 rings (SSSR count). The van der Waals surface area contributed by atoms with Crippen molar-refractivity contribution < 1.29 is 9.59 Å². The second kappa shape index (κ2) is 8.30. The molecule has 0 saturated carbocycles. The molecule has 1 aliphatic heterocycles. The molecular formula is C26H24N4O2. The molecule has 3 aromatic carbocycles. The van der Waals surface area contributed by atoms with Crippen LogP contribution in [0.25, 0.3) is 22.2 Å². The maximum Gasteiger partial charge on any atom is 0.254 e. The summed E-state index contributed by atoms with van der Waals surface area (Å²) in [7, 11) is 0. The number of amides is 2. The molecule has 2 amide bonds. The average Bonchev–Trinajstić information content (AvgIpc) is 3.20. The van der Waals surface area contributed by atoms with Crippen LogP contribution in [0.2, 0.25) is 0 Å². The van der Waals surface area contributed by atoms with Gasteiger partial charge in [-0.3, -0.25) is 9.59 Å². The van der Waals surface area contributed by atoms with E-state index in [2.05, 4.69) is 39.6 Å². The number of aromatic nitrogens is 2. The normalized spacial score (nSPS) is 16.2. The van der Waals surface area contributed by atoms with Crippen LogP contribution < -0.4 is 5.32 Å². The van der Waals surface area contributed by atoms with Crippen LogP contribution in [-0.2, 0) is 11.2 Å². The molecule has 32 heavy (non-hydrogen) atoms. The molecule has 1 atom stereocenters. The van der Waals surface area contributed by atoms with Crippen molar-refractivity contribution in [3.63, 3.8) is 0 Å². The molecule has 1 aliphatic rings. The summed E-state index contributed by atoms with van der Waals surface area (Å²) >= 11 is 0. The van der Waals surface area contributed by atoms with Gasteiger partial charge in [0.15, 0.2) is 0 Å². The Kier molecular flexibility index (Phi) is 5.19. The van der Waals surface area contributed by atoms with Gasteiger partial charge >= 0.3 is 0 Å². The third-order valence-corrected chi connectivity index (χ3v) is 5.93. The zero-order valence-electron chi connectivity index (χ0n) is 17.8. The molecule has 4 aromatic rings. The predicted octanol–water partition coefficient (Wildman–Crippen LogP) is 3.72. The van der Waals surface area contributed by atoms with Gasteiger partial charge in [-0.2, -0.15) is 0 Å². The van der Waals surface area contributed by atoms with Gasteiger partial charge in [-0.05, 0) is 41.8 Å². The summed E-state index contributed by atoms with van der Waals surface area (Å²) in [5.41, 5.74) is 5.49. The maximum atomic E-state index is 13.3. The Balaban J connectivity index is 1.38. The molecule has 1 aromatic heterocycles. The minimum Gasteiger partial charge on any atom is -0.353 e. The number of aromatic amines is 1. The van der Waals surface area contributed by atoms with E-state index in [1.807, 2.05) is 49.4 Å². The van der Waals surface area contributed by atoms with Gasteiger partial charge in [-0.1, -0.05) is 54.6 Å². The topological polar surface area (TPSA) is 78.1 Å². The van der Waals surface area contributed by atoms with Gasteiger partial charge in [0.1, 0.15) is 11.9 Å². The number of fused-ring (bicyclic) bond motifs is 1. The molecule has 0 aliphatic carbocycles. The van der Waals surface area contributed by atoms with E-state index in [9.17, 15) is 9.59 Å². The zero-order valence-corrected chi connectivity index (χ0v) is 17.8. The monoisotopic (exact) mass is 424 g/mol. The Morgan fingerprint density at radius 1 is 1.03 bits per heavy atom. The zero-order chi connectivity index (χ0) is 22.1. The smallest absolute Gasteiger partial charge is 0.254 e. The van der Waals surface area contributed by atoms with Crippen molar-refractivity contribution in [2.75, 3.05) is 13.1 Å². The minimum atomic E-state index is -0.543.